The molecule has 0 saturated carbocycles. The molecule has 0 aliphatic rings. The Morgan fingerprint density at radius 1 is 1.26 bits per heavy atom. The van der Waals surface area contributed by atoms with Gasteiger partial charge in [0.2, 0.25) is 0 Å². The molecule has 0 fully saturated rings. The van der Waals surface area contributed by atoms with E-state index in [9.17, 15) is 14.4 Å². The minimum absolute atomic E-state index is 0.179. The number of esters is 1. The summed E-state index contributed by atoms with van der Waals surface area (Å²) in [4.78, 5) is 35.7. The van der Waals surface area contributed by atoms with Crippen molar-refractivity contribution in [2.75, 3.05) is 11.9 Å². The summed E-state index contributed by atoms with van der Waals surface area (Å²) in [6.07, 6.45) is 0.763. The maximum absolute atomic E-state index is 12.2. The summed E-state index contributed by atoms with van der Waals surface area (Å²) in [6, 6.07) is 6.44. The van der Waals surface area contributed by atoms with Crippen molar-refractivity contribution in [3.8, 4) is 0 Å². The number of hydrogen-bond donors (Lipinski definition) is 1. The Kier molecular flexibility index (Phi) is 5.33. The van der Waals surface area contributed by atoms with Crippen LogP contribution in [0, 0.1) is 6.92 Å². The van der Waals surface area contributed by atoms with E-state index in [1.54, 1.807) is 38.2 Å². The average molecular weight is 334 g/mol. The summed E-state index contributed by atoms with van der Waals surface area (Å²) < 4.78 is 6.47. The summed E-state index contributed by atoms with van der Waals surface area (Å²) in [7, 11) is 1.63. The maximum Gasteiger partial charge on any atom is 0.338 e. The Bertz CT molecular complexity index is 774. The van der Waals surface area contributed by atoms with Crippen molar-refractivity contribution >= 4 is 28.9 Å². The number of carbonyl (C=O) groups excluding carboxylic acids is 2. The summed E-state index contributed by atoms with van der Waals surface area (Å²) in [5, 5.41) is 2.72. The van der Waals surface area contributed by atoms with E-state index in [-0.39, 0.29) is 16.7 Å². The van der Waals surface area contributed by atoms with Gasteiger partial charge in [0.25, 0.3) is 5.91 Å². The number of ether oxygens (including phenoxy) is 1. The Hall–Kier alpha value is -2.41. The fraction of sp³-hybridized carbons (Fsp3) is 0.312. The van der Waals surface area contributed by atoms with Gasteiger partial charge in [0.05, 0.1) is 12.2 Å². The molecule has 7 heteroatoms. The molecule has 1 aromatic heterocycles. The molecule has 2 rings (SSSR count). The van der Waals surface area contributed by atoms with Gasteiger partial charge in [-0.1, -0.05) is 18.3 Å². The monoisotopic (exact) mass is 334 g/mol. The molecule has 0 atom stereocenters. The molecule has 0 unspecified atom stereocenters. The first-order valence-electron chi connectivity index (χ1n) is 7.19. The van der Waals surface area contributed by atoms with E-state index in [1.165, 1.54) is 4.57 Å². The van der Waals surface area contributed by atoms with Crippen LogP contribution in [0.5, 0.6) is 0 Å². The topological polar surface area (TPSA) is 77.4 Å². The second-order valence-electron chi connectivity index (χ2n) is 5.01. The van der Waals surface area contributed by atoms with Gasteiger partial charge in [0, 0.05) is 18.4 Å². The minimum Gasteiger partial charge on any atom is -0.462 e. The normalized spacial score (nSPS) is 10.4. The Labute approximate surface area is 137 Å². The van der Waals surface area contributed by atoms with Crippen LogP contribution < -0.4 is 10.2 Å². The van der Waals surface area contributed by atoms with Crippen LogP contribution in [0.1, 0.15) is 39.1 Å². The molecule has 1 heterocycles. The third-order valence-corrected chi connectivity index (χ3v) is 4.45. The van der Waals surface area contributed by atoms with E-state index in [2.05, 4.69) is 5.32 Å². The maximum atomic E-state index is 12.2. The first-order chi connectivity index (χ1) is 10.9. The number of nitrogens with zero attached hydrogens (tertiary/aromatic N) is 1. The molecule has 1 N–H and O–H groups in total. The smallest absolute Gasteiger partial charge is 0.338 e. The fourth-order valence-electron chi connectivity index (χ4n) is 1.89. The number of benzene rings is 1. The second kappa shape index (κ2) is 7.23. The highest BCUT2D eigenvalue weighted by molar-refractivity contribution is 7.11. The predicted octanol–water partition coefficient (Wildman–Crippen LogP) is 2.57. The molecule has 1 amide bonds. The summed E-state index contributed by atoms with van der Waals surface area (Å²) >= 11 is 0.907. The van der Waals surface area contributed by atoms with Gasteiger partial charge in [-0.05, 0) is 37.6 Å². The molecular formula is C16H18N2O4S. The van der Waals surface area contributed by atoms with Crippen LogP contribution >= 0.6 is 11.3 Å². The Balaban J connectivity index is 2.08. The summed E-state index contributed by atoms with van der Waals surface area (Å²) in [5.41, 5.74) is 1.60. The van der Waals surface area contributed by atoms with Crippen LogP contribution in [-0.4, -0.2) is 23.1 Å². The molecule has 0 saturated heterocycles. The molecule has 0 spiro atoms. The molecular weight excluding hydrogens is 316 g/mol. The summed E-state index contributed by atoms with van der Waals surface area (Å²) in [6.45, 7) is 4.02. The van der Waals surface area contributed by atoms with E-state index in [0.29, 0.717) is 28.4 Å². The van der Waals surface area contributed by atoms with Gasteiger partial charge in [0.1, 0.15) is 4.88 Å². The molecule has 2 aromatic rings. The third kappa shape index (κ3) is 3.87. The van der Waals surface area contributed by atoms with E-state index in [1.807, 2.05) is 6.92 Å². The molecule has 1 aromatic carbocycles. The summed E-state index contributed by atoms with van der Waals surface area (Å²) in [5.74, 6) is -0.728. The van der Waals surface area contributed by atoms with Gasteiger partial charge in [-0.2, -0.15) is 0 Å². The minimum atomic E-state index is -0.387. The van der Waals surface area contributed by atoms with Crippen LogP contribution in [0.4, 0.5) is 5.69 Å². The van der Waals surface area contributed by atoms with Crippen LogP contribution in [0.25, 0.3) is 0 Å². The average Bonchev–Trinajstić information content (AvgIpc) is 2.81. The largest absolute Gasteiger partial charge is 0.462 e. The number of amides is 1. The number of aromatic nitrogens is 1. The van der Waals surface area contributed by atoms with Crippen LogP contribution in [0.15, 0.2) is 29.1 Å². The lowest BCUT2D eigenvalue weighted by molar-refractivity contribution is 0.0505. The Morgan fingerprint density at radius 2 is 1.91 bits per heavy atom. The molecule has 0 aliphatic carbocycles. The van der Waals surface area contributed by atoms with Gasteiger partial charge < -0.3 is 14.6 Å². The zero-order valence-electron chi connectivity index (χ0n) is 13.2. The van der Waals surface area contributed by atoms with Crippen molar-refractivity contribution < 1.29 is 14.3 Å². The van der Waals surface area contributed by atoms with E-state index < -0.39 is 0 Å². The van der Waals surface area contributed by atoms with Crippen LogP contribution in [0.3, 0.4) is 0 Å². The molecule has 122 valence electrons. The number of thiazole rings is 1. The fourth-order valence-corrected chi connectivity index (χ4v) is 2.76. The van der Waals surface area contributed by atoms with Gasteiger partial charge in [-0.3, -0.25) is 9.59 Å². The van der Waals surface area contributed by atoms with Gasteiger partial charge in [-0.15, -0.1) is 0 Å². The lowest BCUT2D eigenvalue weighted by Crippen LogP contribution is -2.13. The van der Waals surface area contributed by atoms with Crippen molar-refractivity contribution in [2.45, 2.75) is 20.3 Å². The van der Waals surface area contributed by atoms with Gasteiger partial charge >= 0.3 is 10.8 Å². The van der Waals surface area contributed by atoms with E-state index in [0.717, 1.165) is 17.8 Å². The number of nitrogens with one attached hydrogen (secondary N) is 1. The standard InChI is InChI=1S/C16H18N2O4S/c1-4-9-22-15(20)11-5-7-12(8-6-11)17-14(19)13-10(2)18(3)16(21)23-13/h5-8H,4,9H2,1-3H3,(H,17,19). The van der Waals surface area contributed by atoms with Crippen molar-refractivity contribution in [3.63, 3.8) is 0 Å². The van der Waals surface area contributed by atoms with Gasteiger partial charge in [0.15, 0.2) is 0 Å². The molecule has 0 bridgehead atoms. The first kappa shape index (κ1) is 17.0. The highest BCUT2D eigenvalue weighted by Crippen LogP contribution is 2.15. The lowest BCUT2D eigenvalue weighted by atomic mass is 10.2. The van der Waals surface area contributed by atoms with E-state index >= 15 is 0 Å². The van der Waals surface area contributed by atoms with Crippen molar-refractivity contribution in [3.05, 3.63) is 50.1 Å². The number of hydrogen-bond acceptors (Lipinski definition) is 5. The van der Waals surface area contributed by atoms with Crippen molar-refractivity contribution in [1.29, 1.82) is 0 Å². The third-order valence-electron chi connectivity index (χ3n) is 3.32. The Morgan fingerprint density at radius 3 is 2.43 bits per heavy atom. The number of rotatable bonds is 5. The number of anilines is 1. The van der Waals surface area contributed by atoms with Crippen LogP contribution in [0.2, 0.25) is 0 Å². The number of carbonyl (C=O) groups is 2. The molecule has 0 radical (unpaired) electrons. The quantitative estimate of drug-likeness (QED) is 0.853. The lowest BCUT2D eigenvalue weighted by Gasteiger charge is -2.06. The molecule has 23 heavy (non-hydrogen) atoms. The predicted molar refractivity (Wildman–Crippen MR) is 89.3 cm³/mol. The van der Waals surface area contributed by atoms with Crippen LogP contribution in [-0.2, 0) is 11.8 Å². The SMILES string of the molecule is CCCOC(=O)c1ccc(NC(=O)c2sc(=O)n(C)c2C)cc1. The second-order valence-corrected chi connectivity index (χ2v) is 5.97. The highest BCUT2D eigenvalue weighted by atomic mass is 32.1. The van der Waals surface area contributed by atoms with E-state index in [4.69, 9.17) is 4.74 Å². The highest BCUT2D eigenvalue weighted by Gasteiger charge is 2.16. The first-order valence-corrected chi connectivity index (χ1v) is 8.00. The zero-order valence-corrected chi connectivity index (χ0v) is 14.0. The molecule has 6 nitrogen and oxygen atoms in total. The van der Waals surface area contributed by atoms with Gasteiger partial charge in [-0.25, -0.2) is 4.79 Å². The van der Waals surface area contributed by atoms with Crippen molar-refractivity contribution in [2.24, 2.45) is 7.05 Å². The van der Waals surface area contributed by atoms with Crippen molar-refractivity contribution in [1.82, 2.24) is 4.57 Å². The zero-order chi connectivity index (χ0) is 17.0. The molecule has 0 aliphatic heterocycles.